The highest BCUT2D eigenvalue weighted by atomic mass is 32.2. The van der Waals surface area contributed by atoms with E-state index in [0.29, 0.717) is 15.4 Å². The standard InChI is InChI=1S/C14H11N3OS3/c18-12(11-7-4-8-15-11)9-20-13-16-17(14(19)21-13)10-5-2-1-3-6-10/h1-8,15H,9H2. The van der Waals surface area contributed by atoms with Crippen LogP contribution in [0.3, 0.4) is 0 Å². The van der Waals surface area contributed by atoms with E-state index in [1.165, 1.54) is 23.1 Å². The summed E-state index contributed by atoms with van der Waals surface area (Å²) in [5.74, 6) is 0.398. The van der Waals surface area contributed by atoms with Gasteiger partial charge in [-0.25, -0.2) is 4.68 Å². The number of nitrogens with zero attached hydrogens (tertiary/aromatic N) is 2. The fraction of sp³-hybridized carbons (Fsp3) is 0.0714. The van der Waals surface area contributed by atoms with Gasteiger partial charge in [-0.3, -0.25) is 4.79 Å². The molecule has 0 radical (unpaired) electrons. The lowest BCUT2D eigenvalue weighted by Crippen LogP contribution is -2.02. The number of thioether (sulfide) groups is 1. The molecule has 0 aliphatic carbocycles. The van der Waals surface area contributed by atoms with Gasteiger partial charge in [0.2, 0.25) is 0 Å². The molecule has 0 bridgehead atoms. The highest BCUT2D eigenvalue weighted by Crippen LogP contribution is 2.24. The van der Waals surface area contributed by atoms with Crippen molar-refractivity contribution in [3.05, 3.63) is 58.3 Å². The highest BCUT2D eigenvalue weighted by Gasteiger charge is 2.11. The van der Waals surface area contributed by atoms with Crippen molar-refractivity contribution in [2.45, 2.75) is 4.34 Å². The van der Waals surface area contributed by atoms with Crippen LogP contribution in [-0.4, -0.2) is 26.3 Å². The zero-order chi connectivity index (χ0) is 14.7. The summed E-state index contributed by atoms with van der Waals surface area (Å²) >= 11 is 8.15. The number of hydrogen-bond donors (Lipinski definition) is 1. The predicted octanol–water partition coefficient (Wildman–Crippen LogP) is 3.97. The van der Waals surface area contributed by atoms with Crippen molar-refractivity contribution < 1.29 is 4.79 Å². The molecule has 3 aromatic rings. The van der Waals surface area contributed by atoms with E-state index in [1.54, 1.807) is 16.9 Å². The summed E-state index contributed by atoms with van der Waals surface area (Å²) in [5.41, 5.74) is 1.55. The van der Waals surface area contributed by atoms with Crippen LogP contribution < -0.4 is 0 Å². The van der Waals surface area contributed by atoms with Crippen LogP contribution in [0.25, 0.3) is 5.69 Å². The molecule has 106 valence electrons. The smallest absolute Gasteiger partial charge is 0.189 e. The van der Waals surface area contributed by atoms with E-state index in [9.17, 15) is 4.79 Å². The van der Waals surface area contributed by atoms with Gasteiger partial charge >= 0.3 is 0 Å². The van der Waals surface area contributed by atoms with Gasteiger partial charge in [-0.1, -0.05) is 41.3 Å². The number of benzene rings is 1. The molecule has 0 saturated heterocycles. The molecule has 2 aromatic heterocycles. The topological polar surface area (TPSA) is 50.7 Å². The van der Waals surface area contributed by atoms with Crippen molar-refractivity contribution in [3.63, 3.8) is 0 Å². The first kappa shape index (κ1) is 14.2. The van der Waals surface area contributed by atoms with Gasteiger partial charge in [0.25, 0.3) is 0 Å². The van der Waals surface area contributed by atoms with Crippen LogP contribution in [0.5, 0.6) is 0 Å². The number of aromatic amines is 1. The predicted molar refractivity (Wildman–Crippen MR) is 88.1 cm³/mol. The number of aromatic nitrogens is 3. The maximum atomic E-state index is 11.9. The van der Waals surface area contributed by atoms with Crippen molar-refractivity contribution in [1.82, 2.24) is 14.8 Å². The summed E-state index contributed by atoms with van der Waals surface area (Å²) in [6, 6.07) is 13.3. The third kappa shape index (κ3) is 3.31. The number of rotatable bonds is 5. The lowest BCUT2D eigenvalue weighted by atomic mass is 10.3. The monoisotopic (exact) mass is 333 g/mol. The van der Waals surface area contributed by atoms with Gasteiger partial charge in [0.1, 0.15) is 0 Å². The Balaban J connectivity index is 1.73. The summed E-state index contributed by atoms with van der Waals surface area (Å²) < 4.78 is 3.20. The quantitative estimate of drug-likeness (QED) is 0.436. The van der Waals surface area contributed by atoms with Gasteiger partial charge in [-0.2, -0.15) is 0 Å². The van der Waals surface area contributed by atoms with Crippen LogP contribution in [0.1, 0.15) is 10.5 Å². The third-order valence-corrected chi connectivity index (χ3v) is 5.12. The zero-order valence-electron chi connectivity index (χ0n) is 10.9. The van der Waals surface area contributed by atoms with E-state index in [1.807, 2.05) is 36.4 Å². The molecule has 1 aromatic carbocycles. The molecule has 3 rings (SSSR count). The summed E-state index contributed by atoms with van der Waals surface area (Å²) in [5, 5.41) is 4.46. The molecule has 0 saturated carbocycles. The van der Waals surface area contributed by atoms with Gasteiger partial charge in [-0.05, 0) is 36.5 Å². The molecule has 0 spiro atoms. The lowest BCUT2D eigenvalue weighted by molar-refractivity contribution is 0.101. The molecule has 0 unspecified atom stereocenters. The lowest BCUT2D eigenvalue weighted by Gasteiger charge is -1.99. The molecule has 21 heavy (non-hydrogen) atoms. The number of para-hydroxylation sites is 1. The average molecular weight is 333 g/mol. The molecule has 0 atom stereocenters. The number of Topliss-reactive ketones (excluding diaryl/α,β-unsaturated/α-hetero) is 1. The van der Waals surface area contributed by atoms with Crippen molar-refractivity contribution in [3.8, 4) is 5.69 Å². The fourth-order valence-corrected chi connectivity index (χ4v) is 4.00. The Morgan fingerprint density at radius 3 is 2.81 bits per heavy atom. The molecule has 7 heteroatoms. The number of H-pyrrole nitrogens is 1. The second-order valence-corrected chi connectivity index (χ2v) is 7.02. The molecular formula is C14H11N3OS3. The van der Waals surface area contributed by atoms with E-state index >= 15 is 0 Å². The first-order valence-electron chi connectivity index (χ1n) is 6.19. The molecular weight excluding hydrogens is 322 g/mol. The Morgan fingerprint density at radius 1 is 1.29 bits per heavy atom. The van der Waals surface area contributed by atoms with Crippen molar-refractivity contribution in [2.75, 3.05) is 5.75 Å². The summed E-state index contributed by atoms with van der Waals surface area (Å²) in [4.78, 5) is 14.8. The van der Waals surface area contributed by atoms with Crippen molar-refractivity contribution in [1.29, 1.82) is 0 Å². The van der Waals surface area contributed by atoms with Crippen LogP contribution in [0, 0.1) is 3.95 Å². The van der Waals surface area contributed by atoms with E-state index in [2.05, 4.69) is 10.1 Å². The van der Waals surface area contributed by atoms with E-state index in [0.717, 1.165) is 10.0 Å². The first-order chi connectivity index (χ1) is 10.2. The van der Waals surface area contributed by atoms with E-state index in [4.69, 9.17) is 12.2 Å². The van der Waals surface area contributed by atoms with E-state index < -0.39 is 0 Å². The molecule has 0 fully saturated rings. The molecule has 1 N–H and O–H groups in total. The fourth-order valence-electron chi connectivity index (χ4n) is 1.76. The number of hydrogen-bond acceptors (Lipinski definition) is 5. The molecule has 0 aliphatic heterocycles. The Hall–Kier alpha value is -1.70. The van der Waals surface area contributed by atoms with Crippen molar-refractivity contribution in [2.24, 2.45) is 0 Å². The van der Waals surface area contributed by atoms with Gasteiger partial charge < -0.3 is 4.98 Å². The minimum atomic E-state index is 0.0531. The molecule has 4 nitrogen and oxygen atoms in total. The molecule has 0 amide bonds. The normalized spacial score (nSPS) is 10.7. The van der Waals surface area contributed by atoms with Gasteiger partial charge in [0, 0.05) is 6.20 Å². The Labute approximate surface area is 134 Å². The van der Waals surface area contributed by atoms with Crippen molar-refractivity contribution >= 4 is 41.1 Å². The maximum Gasteiger partial charge on any atom is 0.189 e. The van der Waals surface area contributed by atoms with Crippen LogP contribution in [0.4, 0.5) is 0 Å². The second kappa shape index (κ2) is 6.38. The van der Waals surface area contributed by atoms with Crippen LogP contribution in [0.15, 0.2) is 53.0 Å². The number of carbonyl (C=O) groups excluding carboxylic acids is 1. The van der Waals surface area contributed by atoms with E-state index in [-0.39, 0.29) is 5.78 Å². The highest BCUT2D eigenvalue weighted by molar-refractivity contribution is 8.01. The first-order valence-corrected chi connectivity index (χ1v) is 8.40. The Kier molecular flexibility index (Phi) is 4.33. The average Bonchev–Trinajstić information content (AvgIpc) is 3.15. The third-order valence-electron chi connectivity index (χ3n) is 2.76. The number of carbonyl (C=O) groups is 1. The Morgan fingerprint density at radius 2 is 2.10 bits per heavy atom. The van der Waals surface area contributed by atoms with Gasteiger partial charge in [0.15, 0.2) is 14.1 Å². The van der Waals surface area contributed by atoms with Gasteiger partial charge in [-0.15, -0.1) is 5.10 Å². The zero-order valence-corrected chi connectivity index (χ0v) is 13.3. The molecule has 2 heterocycles. The van der Waals surface area contributed by atoms with Crippen LogP contribution in [-0.2, 0) is 0 Å². The maximum absolute atomic E-state index is 11.9. The largest absolute Gasteiger partial charge is 0.359 e. The Bertz CT molecular complexity index is 790. The second-order valence-electron chi connectivity index (χ2n) is 4.18. The summed E-state index contributed by atoms with van der Waals surface area (Å²) in [6.45, 7) is 0. The minimum absolute atomic E-state index is 0.0531. The SMILES string of the molecule is O=C(CSc1nn(-c2ccccc2)c(=S)s1)c1ccc[nH]1. The minimum Gasteiger partial charge on any atom is -0.359 e. The number of ketones is 1. The summed E-state index contributed by atoms with van der Waals surface area (Å²) in [7, 11) is 0. The van der Waals surface area contributed by atoms with Crippen LogP contribution in [0.2, 0.25) is 0 Å². The van der Waals surface area contributed by atoms with Crippen LogP contribution >= 0.6 is 35.3 Å². The summed E-state index contributed by atoms with van der Waals surface area (Å²) in [6.07, 6.45) is 1.74. The molecule has 0 aliphatic rings. The number of nitrogens with one attached hydrogen (secondary N) is 1. The van der Waals surface area contributed by atoms with Gasteiger partial charge in [0.05, 0.1) is 17.1 Å².